The Kier molecular flexibility index (Phi) is 8.60. The van der Waals surface area contributed by atoms with Crippen LogP contribution in [0.3, 0.4) is 0 Å². The summed E-state index contributed by atoms with van der Waals surface area (Å²) in [6.45, 7) is 0.622. The first kappa shape index (κ1) is 25.0. The van der Waals surface area contributed by atoms with E-state index in [4.69, 9.17) is 4.74 Å². The highest BCUT2D eigenvalue weighted by Crippen LogP contribution is 2.43. The molecule has 1 heterocycles. The molecule has 4 nitrogen and oxygen atoms in total. The van der Waals surface area contributed by atoms with Crippen LogP contribution in [0.15, 0.2) is 91.0 Å². The number of likely N-dealkylation sites (tertiary alicyclic amines) is 1. The van der Waals surface area contributed by atoms with Crippen LogP contribution in [0, 0.1) is 0 Å². The summed E-state index contributed by atoms with van der Waals surface area (Å²) in [5, 5.41) is 3.35. The molecule has 0 unspecified atom stereocenters. The molecule has 1 aliphatic rings. The molecule has 5 heteroatoms. The lowest BCUT2D eigenvalue weighted by Gasteiger charge is -2.35. The number of amides is 1. The maximum absolute atomic E-state index is 14.1. The summed E-state index contributed by atoms with van der Waals surface area (Å²) in [7, 11) is 0. The SMILES string of the molecule is CCCCOC(=O)[C@@H]1CCCCN1C(=O)C=P(c1ccccc1)(c1ccccc1)c1ccccc1. The Morgan fingerprint density at radius 2 is 1.37 bits per heavy atom. The second-order valence-electron chi connectivity index (χ2n) is 8.92. The number of carbonyl (C=O) groups is 2. The van der Waals surface area contributed by atoms with Crippen LogP contribution in [0.5, 0.6) is 0 Å². The molecule has 1 aliphatic heterocycles. The standard InChI is InChI=1S/C30H34NO3P/c1-2-3-23-34-30(33)28-21-13-14-22-31(28)29(32)24-35(25-15-7-4-8-16-25,26-17-9-5-10-18-26)27-19-11-6-12-20-27/h4-12,15-20,24,28H,2-3,13-14,21-23H2,1H3/t28-/m0/s1. The van der Waals surface area contributed by atoms with E-state index in [0.29, 0.717) is 19.6 Å². The van der Waals surface area contributed by atoms with Crippen LogP contribution in [0.2, 0.25) is 0 Å². The van der Waals surface area contributed by atoms with Gasteiger partial charge >= 0.3 is 5.97 Å². The van der Waals surface area contributed by atoms with Crippen molar-refractivity contribution in [3.63, 3.8) is 0 Å². The summed E-state index contributed by atoms with van der Waals surface area (Å²) in [6.07, 6.45) is 4.27. The highest BCUT2D eigenvalue weighted by molar-refractivity contribution is 7.95. The number of carbonyl (C=O) groups excluding carboxylic acids is 2. The average Bonchev–Trinajstić information content (AvgIpc) is 2.93. The van der Waals surface area contributed by atoms with Crippen LogP contribution >= 0.6 is 6.89 Å². The summed E-state index contributed by atoms with van der Waals surface area (Å²) in [5.74, 6) is 1.56. The number of unbranched alkanes of at least 4 members (excludes halogenated alkanes) is 1. The van der Waals surface area contributed by atoms with Crippen molar-refractivity contribution in [1.29, 1.82) is 0 Å². The fourth-order valence-electron chi connectivity index (χ4n) is 4.75. The number of benzene rings is 3. The molecule has 1 fully saturated rings. The summed E-state index contributed by atoms with van der Waals surface area (Å²) < 4.78 is 5.55. The number of nitrogens with zero attached hydrogens (tertiary/aromatic N) is 1. The van der Waals surface area contributed by atoms with Gasteiger partial charge in [-0.2, -0.15) is 0 Å². The van der Waals surface area contributed by atoms with Gasteiger partial charge in [0.2, 0.25) is 5.91 Å². The van der Waals surface area contributed by atoms with Gasteiger partial charge in [0.05, 0.1) is 6.61 Å². The summed E-state index contributed by atoms with van der Waals surface area (Å²) >= 11 is 0. The number of rotatable bonds is 8. The van der Waals surface area contributed by atoms with Gasteiger partial charge in [0.15, 0.2) is 0 Å². The Morgan fingerprint density at radius 1 is 0.857 bits per heavy atom. The van der Waals surface area contributed by atoms with Crippen molar-refractivity contribution < 1.29 is 14.3 Å². The molecular formula is C30H34NO3P. The molecule has 0 spiro atoms. The first-order chi connectivity index (χ1) is 17.2. The molecule has 0 aromatic heterocycles. The van der Waals surface area contributed by atoms with Crippen molar-refractivity contribution in [2.24, 2.45) is 0 Å². The molecule has 1 saturated heterocycles. The third-order valence-corrected chi connectivity index (χ3v) is 10.5. The first-order valence-corrected chi connectivity index (χ1v) is 14.4. The lowest BCUT2D eigenvalue weighted by molar-refractivity contribution is -0.155. The summed E-state index contributed by atoms with van der Waals surface area (Å²) in [6, 6.07) is 30.4. The molecule has 3 aromatic rings. The number of piperidine rings is 1. The molecule has 4 rings (SSSR count). The van der Waals surface area contributed by atoms with Gasteiger partial charge in [0.25, 0.3) is 0 Å². The number of ether oxygens (including phenoxy) is 1. The third kappa shape index (κ3) is 5.60. The Balaban J connectivity index is 1.84. The van der Waals surface area contributed by atoms with Crippen molar-refractivity contribution in [3.8, 4) is 0 Å². The van der Waals surface area contributed by atoms with E-state index >= 15 is 0 Å². The molecule has 3 aromatic carbocycles. The predicted molar refractivity (Wildman–Crippen MR) is 146 cm³/mol. The van der Waals surface area contributed by atoms with Gasteiger partial charge in [0.1, 0.15) is 6.04 Å². The monoisotopic (exact) mass is 487 g/mol. The zero-order chi connectivity index (χ0) is 24.5. The summed E-state index contributed by atoms with van der Waals surface area (Å²) in [4.78, 5) is 28.8. The van der Waals surface area contributed by atoms with Crippen LogP contribution in [0.4, 0.5) is 0 Å². The van der Waals surface area contributed by atoms with Crippen LogP contribution < -0.4 is 15.9 Å². The topological polar surface area (TPSA) is 46.6 Å². The lowest BCUT2D eigenvalue weighted by atomic mass is 10.0. The van der Waals surface area contributed by atoms with E-state index < -0.39 is 12.9 Å². The second kappa shape index (κ2) is 12.0. The van der Waals surface area contributed by atoms with Crippen molar-refractivity contribution in [2.45, 2.75) is 45.1 Å². The molecule has 1 amide bonds. The fourth-order valence-corrected chi connectivity index (χ4v) is 8.50. The van der Waals surface area contributed by atoms with Crippen LogP contribution in [-0.2, 0) is 14.3 Å². The van der Waals surface area contributed by atoms with Gasteiger partial charge in [-0.05, 0) is 48.5 Å². The summed E-state index contributed by atoms with van der Waals surface area (Å²) in [5.41, 5.74) is 0. The number of esters is 1. The van der Waals surface area contributed by atoms with E-state index in [1.165, 1.54) is 0 Å². The minimum absolute atomic E-state index is 0.0907. The molecule has 0 radical (unpaired) electrons. The van der Waals surface area contributed by atoms with Crippen LogP contribution in [-0.4, -0.2) is 41.8 Å². The van der Waals surface area contributed by atoms with Crippen LogP contribution in [0.1, 0.15) is 39.0 Å². The molecule has 0 bridgehead atoms. The molecule has 35 heavy (non-hydrogen) atoms. The molecule has 1 atom stereocenters. The third-order valence-electron chi connectivity index (χ3n) is 6.59. The zero-order valence-electron chi connectivity index (χ0n) is 20.4. The Labute approximate surface area is 208 Å². The van der Waals surface area contributed by atoms with E-state index in [2.05, 4.69) is 43.3 Å². The van der Waals surface area contributed by atoms with Gasteiger partial charge in [-0.25, -0.2) is 4.79 Å². The number of hydrogen-bond donors (Lipinski definition) is 0. The smallest absolute Gasteiger partial charge is 0.328 e. The molecule has 0 saturated carbocycles. The minimum Gasteiger partial charge on any atom is -0.464 e. The normalized spacial score (nSPS) is 15.9. The van der Waals surface area contributed by atoms with Gasteiger partial charge in [-0.15, -0.1) is 0 Å². The van der Waals surface area contributed by atoms with E-state index in [9.17, 15) is 9.59 Å². The molecule has 0 N–H and O–H groups in total. The second-order valence-corrected chi connectivity index (χ2v) is 12.2. The van der Waals surface area contributed by atoms with Crippen molar-refractivity contribution in [1.82, 2.24) is 4.90 Å². The quantitative estimate of drug-likeness (QED) is 0.267. The van der Waals surface area contributed by atoms with Gasteiger partial charge in [0, 0.05) is 12.3 Å². The molecule has 0 aliphatic carbocycles. The maximum atomic E-state index is 14.1. The van der Waals surface area contributed by atoms with E-state index in [-0.39, 0.29) is 11.9 Å². The highest BCUT2D eigenvalue weighted by atomic mass is 31.2. The zero-order valence-corrected chi connectivity index (χ0v) is 21.3. The average molecular weight is 488 g/mol. The molecule has 182 valence electrons. The van der Waals surface area contributed by atoms with Gasteiger partial charge < -0.3 is 9.64 Å². The minimum atomic E-state index is -2.43. The number of hydrogen-bond acceptors (Lipinski definition) is 3. The van der Waals surface area contributed by atoms with E-state index in [0.717, 1.165) is 41.6 Å². The van der Waals surface area contributed by atoms with Crippen molar-refractivity contribution in [3.05, 3.63) is 91.0 Å². The fraction of sp³-hybridized carbons (Fsp3) is 0.300. The van der Waals surface area contributed by atoms with Crippen molar-refractivity contribution >= 4 is 40.5 Å². The Bertz CT molecular complexity index is 1060. The highest BCUT2D eigenvalue weighted by Gasteiger charge is 2.35. The van der Waals surface area contributed by atoms with E-state index in [1.807, 2.05) is 60.4 Å². The van der Waals surface area contributed by atoms with E-state index in [1.54, 1.807) is 4.90 Å². The van der Waals surface area contributed by atoms with Crippen molar-refractivity contribution in [2.75, 3.05) is 13.2 Å². The Morgan fingerprint density at radius 3 is 1.86 bits per heavy atom. The maximum Gasteiger partial charge on any atom is 0.328 e. The largest absolute Gasteiger partial charge is 0.464 e. The van der Waals surface area contributed by atoms with Gasteiger partial charge in [-0.3, -0.25) is 4.79 Å². The first-order valence-electron chi connectivity index (χ1n) is 12.6. The predicted octanol–water partition coefficient (Wildman–Crippen LogP) is 4.51. The molecular weight excluding hydrogens is 453 g/mol. The van der Waals surface area contributed by atoms with Crippen LogP contribution in [0.25, 0.3) is 0 Å². The lowest BCUT2D eigenvalue weighted by Crippen LogP contribution is -2.49. The Hall–Kier alpha value is -3.10. The van der Waals surface area contributed by atoms with Gasteiger partial charge in [-0.1, -0.05) is 104 Å².